The number of hydrogen-bond acceptors (Lipinski definition) is 11. The lowest BCUT2D eigenvalue weighted by atomic mass is 9.96. The van der Waals surface area contributed by atoms with Gasteiger partial charge in [-0.1, -0.05) is 0 Å². The Morgan fingerprint density at radius 2 is 1.47 bits per heavy atom. The van der Waals surface area contributed by atoms with Crippen LogP contribution in [0.2, 0.25) is 0 Å². The van der Waals surface area contributed by atoms with Crippen molar-refractivity contribution in [3.8, 4) is 6.07 Å². The molecule has 34 heavy (non-hydrogen) atoms. The molecule has 1 aromatic heterocycles. The molecule has 1 aromatic rings. The van der Waals surface area contributed by atoms with Crippen LogP contribution in [0.4, 0.5) is 0 Å². The van der Waals surface area contributed by atoms with E-state index in [0.29, 0.717) is 11.3 Å². The minimum absolute atomic E-state index is 0.168. The first-order chi connectivity index (χ1) is 15.9. The summed E-state index contributed by atoms with van der Waals surface area (Å²) in [5.74, 6) is -3.02. The number of hydrogen-bond donors (Lipinski definition) is 0. The fourth-order valence-corrected chi connectivity index (χ4v) is 3.77. The molecule has 12 heteroatoms. The van der Waals surface area contributed by atoms with Gasteiger partial charge in [0.15, 0.2) is 24.5 Å². The number of nitrogens with zero attached hydrogens (tertiary/aromatic N) is 2. The van der Waals surface area contributed by atoms with Gasteiger partial charge in [0.1, 0.15) is 24.3 Å². The van der Waals surface area contributed by atoms with Gasteiger partial charge in [-0.2, -0.15) is 5.26 Å². The van der Waals surface area contributed by atoms with Crippen LogP contribution in [0.15, 0.2) is 10.9 Å². The topological polar surface area (TPSA) is 160 Å². The molecule has 2 heterocycles. The van der Waals surface area contributed by atoms with Crippen LogP contribution in [0, 0.1) is 25.2 Å². The van der Waals surface area contributed by atoms with Crippen LogP contribution < -0.4 is 5.56 Å². The van der Waals surface area contributed by atoms with E-state index in [1.165, 1.54) is 0 Å². The Bertz CT molecular complexity index is 1090. The predicted octanol–water partition coefficient (Wildman–Crippen LogP) is 0.592. The first kappa shape index (κ1) is 26.5. The zero-order valence-corrected chi connectivity index (χ0v) is 19.6. The van der Waals surface area contributed by atoms with E-state index in [-0.39, 0.29) is 5.56 Å². The summed E-state index contributed by atoms with van der Waals surface area (Å²) in [6, 6.07) is 3.40. The third-order valence-electron chi connectivity index (χ3n) is 4.96. The summed E-state index contributed by atoms with van der Waals surface area (Å²) in [4.78, 5) is 60.3. The number of carbonyl (C=O) groups is 4. The van der Waals surface area contributed by atoms with Gasteiger partial charge >= 0.3 is 23.9 Å². The molecule has 1 fully saturated rings. The Kier molecular flexibility index (Phi) is 8.53. The molecule has 0 spiro atoms. The van der Waals surface area contributed by atoms with E-state index >= 15 is 0 Å². The summed E-state index contributed by atoms with van der Waals surface area (Å²) in [6.45, 7) is 7.18. The second-order valence-electron chi connectivity index (χ2n) is 7.72. The normalized spacial score (nSPS) is 23.9. The summed E-state index contributed by atoms with van der Waals surface area (Å²) in [6.07, 6.45) is -6.86. The van der Waals surface area contributed by atoms with Gasteiger partial charge in [0.05, 0.1) is 0 Å². The maximum absolute atomic E-state index is 13.2. The number of aryl methyl sites for hydroxylation is 2. The largest absolute Gasteiger partial charge is 0.463 e. The van der Waals surface area contributed by atoms with Gasteiger partial charge in [-0.3, -0.25) is 28.5 Å². The molecule has 2 rings (SSSR count). The third-order valence-corrected chi connectivity index (χ3v) is 4.96. The lowest BCUT2D eigenvalue weighted by molar-refractivity contribution is -0.269. The fourth-order valence-electron chi connectivity index (χ4n) is 3.77. The molecule has 0 amide bonds. The summed E-state index contributed by atoms with van der Waals surface area (Å²) >= 11 is 0. The van der Waals surface area contributed by atoms with Crippen LogP contribution in [0.5, 0.6) is 0 Å². The summed E-state index contributed by atoms with van der Waals surface area (Å²) < 4.78 is 28.2. The van der Waals surface area contributed by atoms with E-state index in [0.717, 1.165) is 32.3 Å². The monoisotopic (exact) mass is 478 g/mol. The van der Waals surface area contributed by atoms with Crippen molar-refractivity contribution in [2.24, 2.45) is 0 Å². The highest BCUT2D eigenvalue weighted by atomic mass is 16.7. The Morgan fingerprint density at radius 1 is 0.941 bits per heavy atom. The minimum Gasteiger partial charge on any atom is -0.463 e. The van der Waals surface area contributed by atoms with Crippen molar-refractivity contribution in [2.45, 2.75) is 72.2 Å². The van der Waals surface area contributed by atoms with Gasteiger partial charge in [-0.25, -0.2) is 0 Å². The van der Waals surface area contributed by atoms with E-state index in [4.69, 9.17) is 23.7 Å². The lowest BCUT2D eigenvalue weighted by Crippen LogP contribution is -2.61. The summed E-state index contributed by atoms with van der Waals surface area (Å²) in [5.41, 5.74) is -0.131. The van der Waals surface area contributed by atoms with Gasteiger partial charge in [0.2, 0.25) is 0 Å². The molecule has 12 nitrogen and oxygen atoms in total. The van der Waals surface area contributed by atoms with Gasteiger partial charge in [0.25, 0.3) is 5.56 Å². The zero-order valence-electron chi connectivity index (χ0n) is 19.6. The quantitative estimate of drug-likeness (QED) is 0.416. The number of esters is 4. The zero-order chi connectivity index (χ0) is 25.7. The fraction of sp³-hybridized carbons (Fsp3) is 0.545. The number of nitriles is 1. The SMILES string of the molecule is CC(=O)OC[C@H]1O[C@@H](n2c(C)cc(C)c(C#N)c2=O)[C@H](OC(C)=O)[C@@H](OC(C)=O)[C@@H]1OC(C)=O. The Labute approximate surface area is 195 Å². The van der Waals surface area contributed by atoms with Crippen molar-refractivity contribution in [3.63, 3.8) is 0 Å². The van der Waals surface area contributed by atoms with E-state index in [1.54, 1.807) is 19.9 Å². The molecule has 0 bridgehead atoms. The van der Waals surface area contributed by atoms with E-state index in [1.807, 2.05) is 6.07 Å². The number of pyridine rings is 1. The summed E-state index contributed by atoms with van der Waals surface area (Å²) in [5, 5.41) is 9.46. The molecule has 1 saturated heterocycles. The lowest BCUT2D eigenvalue weighted by Gasteiger charge is -2.45. The molecule has 0 saturated carbocycles. The molecule has 0 aromatic carbocycles. The van der Waals surface area contributed by atoms with Gasteiger partial charge < -0.3 is 23.7 Å². The Morgan fingerprint density at radius 3 is 1.97 bits per heavy atom. The van der Waals surface area contributed by atoms with Crippen molar-refractivity contribution < 1.29 is 42.9 Å². The summed E-state index contributed by atoms with van der Waals surface area (Å²) in [7, 11) is 0. The van der Waals surface area contributed by atoms with Crippen LogP contribution in [-0.4, -0.2) is 59.5 Å². The second kappa shape index (κ2) is 10.9. The van der Waals surface area contributed by atoms with E-state index < -0.39 is 66.7 Å². The maximum atomic E-state index is 13.2. The average molecular weight is 478 g/mol. The average Bonchev–Trinajstić information content (AvgIpc) is 2.69. The molecule has 1 aliphatic rings. The molecule has 0 unspecified atom stereocenters. The molecule has 0 N–H and O–H groups in total. The van der Waals surface area contributed by atoms with E-state index in [9.17, 15) is 29.2 Å². The molecule has 5 atom stereocenters. The highest BCUT2D eigenvalue weighted by molar-refractivity contribution is 5.68. The van der Waals surface area contributed by atoms with Crippen LogP contribution in [0.25, 0.3) is 0 Å². The van der Waals surface area contributed by atoms with Crippen LogP contribution in [0.3, 0.4) is 0 Å². The highest BCUT2D eigenvalue weighted by Crippen LogP contribution is 2.35. The van der Waals surface area contributed by atoms with Crippen LogP contribution in [0.1, 0.15) is 50.7 Å². The number of ether oxygens (including phenoxy) is 5. The number of carbonyl (C=O) groups excluding carboxylic acids is 4. The first-order valence-corrected chi connectivity index (χ1v) is 10.3. The maximum Gasteiger partial charge on any atom is 0.303 e. The van der Waals surface area contributed by atoms with Crippen LogP contribution in [-0.2, 0) is 42.9 Å². The van der Waals surface area contributed by atoms with Crippen molar-refractivity contribution in [3.05, 3.63) is 33.2 Å². The highest BCUT2D eigenvalue weighted by Gasteiger charge is 2.53. The van der Waals surface area contributed by atoms with Crippen molar-refractivity contribution >= 4 is 23.9 Å². The van der Waals surface area contributed by atoms with Gasteiger partial charge in [-0.15, -0.1) is 0 Å². The molecule has 184 valence electrons. The molecule has 0 aliphatic carbocycles. The smallest absolute Gasteiger partial charge is 0.303 e. The van der Waals surface area contributed by atoms with Crippen LogP contribution >= 0.6 is 0 Å². The van der Waals surface area contributed by atoms with Gasteiger partial charge in [-0.05, 0) is 25.5 Å². The second-order valence-corrected chi connectivity index (χ2v) is 7.72. The molecule has 1 aliphatic heterocycles. The molecule has 0 radical (unpaired) electrons. The van der Waals surface area contributed by atoms with Crippen molar-refractivity contribution in [2.75, 3.05) is 6.61 Å². The molecular formula is C22H26N2O10. The third kappa shape index (κ3) is 5.99. The number of aromatic nitrogens is 1. The van der Waals surface area contributed by atoms with Crippen molar-refractivity contribution in [1.82, 2.24) is 4.57 Å². The predicted molar refractivity (Wildman–Crippen MR) is 112 cm³/mol. The standard InChI is InChI=1S/C22H26N2O10/c1-10-7-11(2)24(21(29)16(10)8-23)22-20(33-15(6)28)19(32-14(5)27)18(31-13(4)26)17(34-22)9-30-12(3)25/h7,17-20,22H,9H2,1-6H3/t17-,18-,19+,20-,22-/m1/s1. The van der Waals surface area contributed by atoms with Gasteiger partial charge in [0, 0.05) is 33.4 Å². The Balaban J connectivity index is 2.75. The first-order valence-electron chi connectivity index (χ1n) is 10.3. The Hall–Kier alpha value is -3.72. The molecular weight excluding hydrogens is 452 g/mol. The van der Waals surface area contributed by atoms with E-state index in [2.05, 4.69) is 0 Å². The minimum atomic E-state index is -1.45. The number of rotatable bonds is 6. The van der Waals surface area contributed by atoms with Crippen molar-refractivity contribution in [1.29, 1.82) is 5.26 Å².